The van der Waals surface area contributed by atoms with Crippen molar-refractivity contribution in [3.8, 4) is 0 Å². The van der Waals surface area contributed by atoms with Crippen LogP contribution in [0.5, 0.6) is 0 Å². The summed E-state index contributed by atoms with van der Waals surface area (Å²) in [7, 11) is -8.36. The van der Waals surface area contributed by atoms with E-state index in [1.807, 2.05) is 26.6 Å². The number of nitrogens with zero attached hydrogens (tertiary/aromatic N) is 1. The van der Waals surface area contributed by atoms with Crippen molar-refractivity contribution in [3.63, 3.8) is 0 Å². The van der Waals surface area contributed by atoms with E-state index >= 15 is 0 Å². The Bertz CT molecular complexity index is 891. The summed E-state index contributed by atoms with van der Waals surface area (Å²) in [4.78, 5) is 13.1. The van der Waals surface area contributed by atoms with Crippen LogP contribution in [0, 0.1) is 5.92 Å². The van der Waals surface area contributed by atoms with E-state index in [0.717, 1.165) is 4.31 Å². The minimum atomic E-state index is -4.05. The molecule has 3 atom stereocenters. The van der Waals surface area contributed by atoms with Gasteiger partial charge in [-0.15, -0.1) is 0 Å². The molecule has 170 valence electrons. The molecule has 2 rings (SSSR count). The Kier molecular flexibility index (Phi) is 7.09. The maximum Gasteiger partial charge on any atom is 0.268 e. The van der Waals surface area contributed by atoms with Crippen LogP contribution in [0.15, 0.2) is 29.2 Å². The summed E-state index contributed by atoms with van der Waals surface area (Å²) >= 11 is 5.89. The minimum Gasteiger partial charge on any atom is -0.413 e. The third kappa shape index (κ3) is 5.19. The second-order valence-electron chi connectivity index (χ2n) is 10.3. The van der Waals surface area contributed by atoms with E-state index in [1.54, 1.807) is 0 Å². The normalized spacial score (nSPS) is 22.1. The van der Waals surface area contributed by atoms with Crippen molar-refractivity contribution in [3.05, 3.63) is 29.3 Å². The van der Waals surface area contributed by atoms with E-state index in [9.17, 15) is 13.2 Å². The average Bonchev–Trinajstić information content (AvgIpc) is 2.51. The zero-order chi connectivity index (χ0) is 23.3. The Morgan fingerprint density at radius 2 is 1.57 bits per heavy atom. The van der Waals surface area contributed by atoms with Crippen molar-refractivity contribution in [2.75, 3.05) is 0 Å². The molecule has 0 aliphatic carbocycles. The molecule has 10 heteroatoms. The summed E-state index contributed by atoms with van der Waals surface area (Å²) in [5.74, 6) is -1.15. The highest BCUT2D eigenvalue weighted by Gasteiger charge is 2.59. The molecule has 1 saturated heterocycles. The highest BCUT2D eigenvalue weighted by Crippen LogP contribution is 2.42. The first-order valence-corrected chi connectivity index (χ1v) is 18.2. The summed E-state index contributed by atoms with van der Waals surface area (Å²) in [6, 6.07) is 5.79. The van der Waals surface area contributed by atoms with Gasteiger partial charge in [-0.05, 0) is 69.0 Å². The van der Waals surface area contributed by atoms with E-state index in [4.69, 9.17) is 20.5 Å². The molecule has 0 spiro atoms. The van der Waals surface area contributed by atoms with Crippen molar-refractivity contribution in [2.24, 2.45) is 5.92 Å². The van der Waals surface area contributed by atoms with E-state index in [2.05, 4.69) is 33.9 Å². The lowest BCUT2D eigenvalue weighted by Crippen LogP contribution is -2.69. The second kappa shape index (κ2) is 8.33. The zero-order valence-electron chi connectivity index (χ0n) is 19.3. The number of hydrogen-bond donors (Lipinski definition) is 0. The molecule has 1 aromatic carbocycles. The fourth-order valence-corrected chi connectivity index (χ4v) is 7.19. The Morgan fingerprint density at radius 3 is 2.00 bits per heavy atom. The summed E-state index contributed by atoms with van der Waals surface area (Å²) in [6.45, 7) is 18.4. The van der Waals surface area contributed by atoms with Crippen LogP contribution >= 0.6 is 11.6 Å². The van der Waals surface area contributed by atoms with Gasteiger partial charge < -0.3 is 8.85 Å². The molecule has 1 aliphatic rings. The van der Waals surface area contributed by atoms with Crippen LogP contribution in [0.25, 0.3) is 0 Å². The lowest BCUT2D eigenvalue weighted by atomic mass is 9.94. The molecule has 30 heavy (non-hydrogen) atoms. The summed E-state index contributed by atoms with van der Waals surface area (Å²) in [5.41, 5.74) is 0. The highest BCUT2D eigenvalue weighted by molar-refractivity contribution is 7.89. The molecule has 2 unspecified atom stereocenters. The Hall–Kier alpha value is -0.716. The number of amides is 1. The maximum atomic E-state index is 13.2. The van der Waals surface area contributed by atoms with Gasteiger partial charge in [-0.1, -0.05) is 32.4 Å². The van der Waals surface area contributed by atoms with Crippen LogP contribution in [0.1, 0.15) is 27.7 Å². The van der Waals surface area contributed by atoms with Crippen LogP contribution in [0.3, 0.4) is 0 Å². The number of halogens is 1. The van der Waals surface area contributed by atoms with E-state index in [0.29, 0.717) is 5.02 Å². The number of carbonyl (C=O) groups is 1. The third-order valence-electron chi connectivity index (χ3n) is 5.68. The second-order valence-corrected chi connectivity index (χ2v) is 21.8. The van der Waals surface area contributed by atoms with Gasteiger partial charge in [-0.2, -0.15) is 0 Å². The quantitative estimate of drug-likeness (QED) is 0.393. The molecule has 1 heterocycles. The predicted molar refractivity (Wildman–Crippen MR) is 125 cm³/mol. The lowest BCUT2D eigenvalue weighted by Gasteiger charge is -2.51. The Labute approximate surface area is 188 Å². The van der Waals surface area contributed by atoms with Crippen molar-refractivity contribution < 1.29 is 22.1 Å². The molecule has 0 saturated carbocycles. The lowest BCUT2D eigenvalue weighted by molar-refractivity contribution is -0.171. The minimum absolute atomic E-state index is 0.0147. The zero-order valence-corrected chi connectivity index (χ0v) is 22.9. The molecule has 0 bridgehead atoms. The molecule has 1 aromatic rings. The molecule has 1 aliphatic heterocycles. The Morgan fingerprint density at radius 1 is 1.07 bits per heavy atom. The van der Waals surface area contributed by atoms with Crippen LogP contribution in [-0.2, 0) is 23.7 Å². The molecule has 1 fully saturated rings. The predicted octanol–water partition coefficient (Wildman–Crippen LogP) is 5.08. The molecule has 0 aromatic heterocycles. The van der Waals surface area contributed by atoms with Gasteiger partial charge in [0.25, 0.3) is 10.0 Å². The molecule has 0 N–H and O–H groups in total. The van der Waals surface area contributed by atoms with Crippen LogP contribution in [0.2, 0.25) is 42.8 Å². The fourth-order valence-electron chi connectivity index (χ4n) is 3.06. The van der Waals surface area contributed by atoms with Gasteiger partial charge in [0.05, 0.1) is 11.0 Å². The monoisotopic (exact) mass is 491 g/mol. The van der Waals surface area contributed by atoms with Gasteiger partial charge in [0.1, 0.15) is 5.92 Å². The van der Waals surface area contributed by atoms with Crippen molar-refractivity contribution in [1.29, 1.82) is 0 Å². The molecular formula is C20H34ClNO5SSi2. The third-order valence-corrected chi connectivity index (χ3v) is 13.2. The first-order chi connectivity index (χ1) is 13.4. The number of β-lactam (4-membered cyclic amide) rings is 1. The molecular weight excluding hydrogens is 458 g/mol. The number of sulfonamides is 1. The number of carbonyl (C=O) groups excluding carboxylic acids is 1. The number of benzene rings is 1. The van der Waals surface area contributed by atoms with E-state index in [1.165, 1.54) is 24.3 Å². The number of rotatable bonds is 7. The van der Waals surface area contributed by atoms with Gasteiger partial charge >= 0.3 is 0 Å². The van der Waals surface area contributed by atoms with Gasteiger partial charge in [-0.25, -0.2) is 12.7 Å². The van der Waals surface area contributed by atoms with Crippen molar-refractivity contribution in [2.45, 2.75) is 82.7 Å². The van der Waals surface area contributed by atoms with Crippen LogP contribution in [-0.4, -0.2) is 47.6 Å². The van der Waals surface area contributed by atoms with Gasteiger partial charge in [0.2, 0.25) is 5.91 Å². The summed E-state index contributed by atoms with van der Waals surface area (Å²) in [6.07, 6.45) is -1.32. The Balaban J connectivity index is 2.38. The van der Waals surface area contributed by atoms with Gasteiger partial charge in [-0.3, -0.25) is 4.79 Å². The molecule has 0 radical (unpaired) electrons. The first kappa shape index (κ1) is 25.5. The number of hydrogen-bond acceptors (Lipinski definition) is 5. The van der Waals surface area contributed by atoms with Gasteiger partial charge in [0, 0.05) is 5.02 Å². The van der Waals surface area contributed by atoms with E-state index < -0.39 is 50.8 Å². The standard InChI is InChI=1S/C20H34ClNO5SSi2/c1-14(26-30(8,9)20(2,3)4)17-18(23)22(19(17)27-29(5,6)7)28(24,25)16-12-10-15(21)11-13-16/h10-14,17,19H,1-9H3/t14-,17?,19?/m1/s1. The van der Waals surface area contributed by atoms with Crippen LogP contribution < -0.4 is 0 Å². The largest absolute Gasteiger partial charge is 0.413 e. The summed E-state index contributed by atoms with van der Waals surface area (Å²) < 4.78 is 39.9. The highest BCUT2D eigenvalue weighted by atomic mass is 35.5. The maximum absolute atomic E-state index is 13.2. The SMILES string of the molecule is C[C@@H](O[Si](C)(C)C(C)(C)C)C1C(=O)N(S(=O)(=O)c2ccc(Cl)cc2)C1O[Si](C)(C)C. The van der Waals surface area contributed by atoms with Crippen LogP contribution in [0.4, 0.5) is 0 Å². The fraction of sp³-hybridized carbons (Fsp3) is 0.650. The average molecular weight is 492 g/mol. The van der Waals surface area contributed by atoms with Crippen molar-refractivity contribution in [1.82, 2.24) is 4.31 Å². The van der Waals surface area contributed by atoms with E-state index in [-0.39, 0.29) is 9.93 Å². The van der Waals surface area contributed by atoms with Gasteiger partial charge in [0.15, 0.2) is 22.9 Å². The topological polar surface area (TPSA) is 72.9 Å². The molecule has 1 amide bonds. The first-order valence-electron chi connectivity index (χ1n) is 10.1. The summed E-state index contributed by atoms with van der Waals surface area (Å²) in [5, 5.41) is 0.395. The smallest absolute Gasteiger partial charge is 0.268 e. The molecule has 6 nitrogen and oxygen atoms in total. The van der Waals surface area contributed by atoms with Crippen molar-refractivity contribution >= 4 is 44.2 Å².